The molecule has 0 unspecified atom stereocenters. The molecule has 3 heteroatoms. The summed E-state index contributed by atoms with van der Waals surface area (Å²) in [5.74, 6) is 0. The molecular formula is C24H54OSn2. The Labute approximate surface area is 189 Å². The van der Waals surface area contributed by atoms with Crippen LogP contribution in [0.2, 0.25) is 20.6 Å². The van der Waals surface area contributed by atoms with Crippen LogP contribution in [-0.4, -0.2) is 39.5 Å². The second kappa shape index (κ2) is 10.2. The van der Waals surface area contributed by atoms with Crippen LogP contribution >= 0.6 is 0 Å². The predicted octanol–water partition coefficient (Wildman–Crippen LogP) is 9.64. The molecule has 0 aliphatic heterocycles. The smallest absolute Gasteiger partial charge is 2.00 e. The van der Waals surface area contributed by atoms with Crippen molar-refractivity contribution in [1.82, 2.24) is 0 Å². The Kier molecular flexibility index (Phi) is 12.6. The van der Waals surface area contributed by atoms with Gasteiger partial charge in [0.2, 0.25) is 0 Å². The van der Waals surface area contributed by atoms with Crippen LogP contribution in [0.5, 0.6) is 0 Å². The van der Waals surface area contributed by atoms with Crippen LogP contribution in [0.1, 0.15) is 125 Å². The zero-order valence-electron chi connectivity index (χ0n) is 22.4. The van der Waals surface area contributed by atoms with Gasteiger partial charge in [0, 0.05) is 0 Å². The summed E-state index contributed by atoms with van der Waals surface area (Å²) in [6, 6.07) is 0. The van der Waals surface area contributed by atoms with Crippen LogP contribution in [0.4, 0.5) is 0 Å². The maximum atomic E-state index is 2.44. The molecule has 0 radical (unpaired) electrons. The van der Waals surface area contributed by atoms with Crippen molar-refractivity contribution in [2.24, 2.45) is 0 Å². The molecule has 0 N–H and O–H groups in total. The van der Waals surface area contributed by atoms with Crippen molar-refractivity contribution in [1.29, 1.82) is 0 Å². The average Bonchev–Trinajstić information content (AvgIpc) is 1.97. The summed E-state index contributed by atoms with van der Waals surface area (Å²) in [6.45, 7) is 44.0. The Morgan fingerprint density at radius 3 is 0.333 bits per heavy atom. The molecule has 0 heterocycles. The summed E-state index contributed by atoms with van der Waals surface area (Å²) in [7, 11) is 0. The van der Waals surface area contributed by atoms with Gasteiger partial charge in [-0.2, -0.15) is 0 Å². The maximum absolute atomic E-state index is 2.44. The van der Waals surface area contributed by atoms with E-state index in [1.807, 2.05) is 0 Å². The summed E-state index contributed by atoms with van der Waals surface area (Å²) in [5, 5.41) is 0. The molecule has 0 aromatic rings. The molecule has 0 saturated carbocycles. The molecule has 0 aliphatic rings. The maximum Gasteiger partial charge on any atom is -2.00 e. The van der Waals surface area contributed by atoms with Crippen LogP contribution in [0.3, 0.4) is 0 Å². The molecule has 164 valence electrons. The first kappa shape index (κ1) is 33.2. The summed E-state index contributed by atoms with van der Waals surface area (Å²) in [5.41, 5.74) is 0. The van der Waals surface area contributed by atoms with Crippen LogP contribution in [0.15, 0.2) is 0 Å². The molecule has 0 fully saturated rings. The average molecular weight is 596 g/mol. The van der Waals surface area contributed by atoms with Gasteiger partial charge in [-0.25, -0.2) is 0 Å². The second-order valence-corrected chi connectivity index (χ2v) is 44.2. The predicted molar refractivity (Wildman–Crippen MR) is 130 cm³/mol. The topological polar surface area (TPSA) is 28.5 Å². The summed E-state index contributed by atoms with van der Waals surface area (Å²) in [4.78, 5) is 0. The summed E-state index contributed by atoms with van der Waals surface area (Å²) < 4.78 is 3.49. The van der Waals surface area contributed by atoms with Crippen LogP contribution in [0.25, 0.3) is 0 Å². The van der Waals surface area contributed by atoms with Crippen molar-refractivity contribution in [2.45, 2.75) is 145 Å². The van der Waals surface area contributed by atoms with Crippen LogP contribution in [0, 0.1) is 0 Å². The van der Waals surface area contributed by atoms with E-state index in [1.165, 1.54) is 0 Å². The fraction of sp³-hybridized carbons (Fsp3) is 1.00. The van der Waals surface area contributed by atoms with Crippen molar-refractivity contribution in [3.8, 4) is 0 Å². The molecule has 1 nitrogen and oxygen atoms in total. The molecular weight excluding hydrogens is 542 g/mol. The fourth-order valence-electron chi connectivity index (χ4n) is 6.75. The molecule has 0 spiro atoms. The summed E-state index contributed by atoms with van der Waals surface area (Å²) in [6.07, 6.45) is 0. The van der Waals surface area contributed by atoms with Gasteiger partial charge in [-0.15, -0.1) is 0 Å². The molecule has 0 amide bonds. The van der Waals surface area contributed by atoms with Gasteiger partial charge in [-0.05, 0) is 0 Å². The van der Waals surface area contributed by atoms with E-state index in [1.54, 1.807) is 0 Å². The molecule has 27 heavy (non-hydrogen) atoms. The van der Waals surface area contributed by atoms with E-state index in [-0.39, 0.29) is 5.48 Å². The SMILES string of the molecule is C[C](C)(C)[Sn+]([C](C)(C)C)[C](C)(C)C.C[C](C)(C)[Sn+]([C](C)(C)C)[C](C)(C)C.[O-2]. The Morgan fingerprint density at radius 2 is 0.333 bits per heavy atom. The van der Waals surface area contributed by atoms with Gasteiger partial charge in [0.05, 0.1) is 0 Å². The fourth-order valence-corrected chi connectivity index (χ4v) is 45.3. The molecule has 0 atom stereocenters. The van der Waals surface area contributed by atoms with Gasteiger partial charge in [0.1, 0.15) is 0 Å². The first-order chi connectivity index (χ1) is 10.7. The molecule has 0 saturated heterocycles. The first-order valence-corrected chi connectivity index (χ1v) is 19.1. The van der Waals surface area contributed by atoms with Gasteiger partial charge in [0.25, 0.3) is 0 Å². The number of hydrogen-bond donors (Lipinski definition) is 0. The third kappa shape index (κ3) is 12.8. The third-order valence-corrected chi connectivity index (χ3v) is 30.2. The van der Waals surface area contributed by atoms with E-state index in [9.17, 15) is 0 Å². The van der Waals surface area contributed by atoms with Gasteiger partial charge in [-0.1, -0.05) is 0 Å². The minimum Gasteiger partial charge on any atom is -2.00 e. The van der Waals surface area contributed by atoms with Crippen LogP contribution in [-0.2, 0) is 5.48 Å². The number of hydrogen-bond acceptors (Lipinski definition) is 0. The van der Waals surface area contributed by atoms with E-state index >= 15 is 0 Å². The van der Waals surface area contributed by atoms with Gasteiger partial charge < -0.3 is 5.48 Å². The minimum atomic E-state index is -1.43. The van der Waals surface area contributed by atoms with Crippen molar-refractivity contribution < 1.29 is 5.48 Å². The van der Waals surface area contributed by atoms with E-state index in [0.29, 0.717) is 20.6 Å². The van der Waals surface area contributed by atoms with Crippen molar-refractivity contribution in [3.63, 3.8) is 0 Å². The molecule has 0 rings (SSSR count). The van der Waals surface area contributed by atoms with E-state index in [0.717, 1.165) is 0 Å². The number of rotatable bonds is 0. The second-order valence-electron chi connectivity index (χ2n) is 14.2. The van der Waals surface area contributed by atoms with Gasteiger partial charge >= 0.3 is 185 Å². The van der Waals surface area contributed by atoms with Crippen LogP contribution < -0.4 is 0 Å². The van der Waals surface area contributed by atoms with Gasteiger partial charge in [0.15, 0.2) is 0 Å². The van der Waals surface area contributed by atoms with Crippen molar-refractivity contribution in [3.05, 3.63) is 0 Å². The Bertz CT molecular complexity index is 304. The quantitative estimate of drug-likeness (QED) is 0.249. The normalized spacial score (nSPS) is 14.0. The Morgan fingerprint density at radius 1 is 0.259 bits per heavy atom. The molecule has 0 aromatic heterocycles. The van der Waals surface area contributed by atoms with E-state index in [2.05, 4.69) is 125 Å². The monoisotopic (exact) mass is 598 g/mol. The Balaban J connectivity index is -0.000000411. The first-order valence-electron chi connectivity index (χ1n) is 10.5. The standard InChI is InChI=1S/6C4H9.O.2Sn/c6*1-4(2)3;;;/h6*1-3H3;;;/q;;;;;;-2;2*+1. The Hall–Kier alpha value is 1.56. The zero-order valence-corrected chi connectivity index (χ0v) is 28.1. The van der Waals surface area contributed by atoms with Crippen molar-refractivity contribution >= 4 is 39.5 Å². The largest absolute Gasteiger partial charge is 2.00 e. The molecule has 0 bridgehead atoms. The van der Waals surface area contributed by atoms with Gasteiger partial charge in [-0.3, -0.25) is 0 Å². The third-order valence-electron chi connectivity index (χ3n) is 4.50. The van der Waals surface area contributed by atoms with E-state index in [4.69, 9.17) is 0 Å². The molecule has 0 aromatic carbocycles. The van der Waals surface area contributed by atoms with Crippen molar-refractivity contribution in [2.75, 3.05) is 0 Å². The molecule has 0 aliphatic carbocycles. The van der Waals surface area contributed by atoms with E-state index < -0.39 is 39.5 Å². The summed E-state index contributed by atoms with van der Waals surface area (Å²) >= 11 is -2.87. The zero-order chi connectivity index (χ0) is 22.2. The minimum absolute atomic E-state index is 0.